The van der Waals surface area contributed by atoms with Gasteiger partial charge in [-0.25, -0.2) is 0 Å². The third-order valence-electron chi connectivity index (χ3n) is 1.53. The summed E-state index contributed by atoms with van der Waals surface area (Å²) in [6, 6.07) is 22.8. The molecule has 0 saturated carbocycles. The summed E-state index contributed by atoms with van der Waals surface area (Å²) in [4.78, 5) is 0. The van der Waals surface area contributed by atoms with Gasteiger partial charge in [-0.15, -0.1) is 0 Å². The summed E-state index contributed by atoms with van der Waals surface area (Å²) < 4.78 is 0. The van der Waals surface area contributed by atoms with Crippen molar-refractivity contribution in [1.29, 1.82) is 0 Å². The molecule has 0 heteroatoms. The van der Waals surface area contributed by atoms with Crippen LogP contribution in [0.3, 0.4) is 0 Å². The monoisotopic (exact) mass is 169 g/mol. The van der Waals surface area contributed by atoms with Gasteiger partial charge in [-0.05, 0) is 13.0 Å². The Morgan fingerprint density at radius 2 is 1.38 bits per heavy atom. The molecule has 0 aliphatic rings. The van der Waals surface area contributed by atoms with Crippen LogP contribution in [0.2, 0.25) is 0 Å². The Hall–Kier alpha value is -1.56. The lowest BCUT2D eigenvalue weighted by Crippen LogP contribution is -1.63. The quantitative estimate of drug-likeness (QED) is 0.566. The summed E-state index contributed by atoms with van der Waals surface area (Å²) in [5, 5.41) is 0. The van der Waals surface area contributed by atoms with E-state index in [-0.39, 0.29) is 0 Å². The van der Waals surface area contributed by atoms with E-state index < -0.39 is 0 Å². The Morgan fingerprint density at radius 1 is 0.846 bits per heavy atom. The zero-order chi connectivity index (χ0) is 9.36. The molecule has 2 aromatic carbocycles. The molecule has 1 radical (unpaired) electrons. The van der Waals surface area contributed by atoms with Crippen LogP contribution in [0.5, 0.6) is 0 Å². The van der Waals surface area contributed by atoms with Crippen molar-refractivity contribution < 1.29 is 0 Å². The third-order valence-corrected chi connectivity index (χ3v) is 1.53. The second-order valence-corrected chi connectivity index (χ2v) is 2.74. The molecule has 0 fully saturated rings. The van der Waals surface area contributed by atoms with Crippen molar-refractivity contribution in [3.63, 3.8) is 0 Å². The molecular weight excluding hydrogens is 156 g/mol. The average Bonchev–Trinajstić information content (AvgIpc) is 2.22. The summed E-state index contributed by atoms with van der Waals surface area (Å²) in [6.45, 7) is 2.05. The fraction of sp³-hybridized carbons (Fsp3) is 0.0769. The molecule has 0 amide bonds. The van der Waals surface area contributed by atoms with E-state index in [0.29, 0.717) is 0 Å². The van der Waals surface area contributed by atoms with Crippen molar-refractivity contribution >= 4 is 0 Å². The summed E-state index contributed by atoms with van der Waals surface area (Å²) in [5.41, 5.74) is 1.27. The van der Waals surface area contributed by atoms with Crippen LogP contribution in [0, 0.1) is 13.0 Å². The molecule has 2 rings (SSSR count). The lowest BCUT2D eigenvalue weighted by atomic mass is 10.2. The second kappa shape index (κ2) is 6.01. The fourth-order valence-electron chi connectivity index (χ4n) is 0.868. The maximum Gasteiger partial charge on any atom is -0.0181 e. The Kier molecular flexibility index (Phi) is 4.41. The first kappa shape index (κ1) is 9.53. The van der Waals surface area contributed by atoms with Crippen LogP contribution in [-0.4, -0.2) is 0 Å². The average molecular weight is 169 g/mol. The maximum absolute atomic E-state index is 2.96. The molecule has 0 N–H and O–H groups in total. The zero-order valence-electron chi connectivity index (χ0n) is 7.77. The highest BCUT2D eigenvalue weighted by molar-refractivity contribution is 5.10. The van der Waals surface area contributed by atoms with Crippen molar-refractivity contribution in [3.8, 4) is 0 Å². The molecule has 65 valence electrons. The first-order valence-electron chi connectivity index (χ1n) is 4.32. The standard InChI is InChI=1S/C7H7.C6H6/c1-7-5-3-2-4-6-7;1-2-4-6-5-3-1/h2-3,5-6H,1H3;1-6H. The lowest BCUT2D eigenvalue weighted by molar-refractivity contribution is 1.47. The summed E-state index contributed by atoms with van der Waals surface area (Å²) >= 11 is 0. The van der Waals surface area contributed by atoms with Crippen LogP contribution < -0.4 is 0 Å². The van der Waals surface area contributed by atoms with Crippen LogP contribution in [-0.2, 0) is 0 Å². The van der Waals surface area contributed by atoms with Crippen LogP contribution in [0.1, 0.15) is 5.56 Å². The normalized spacial score (nSPS) is 8.38. The van der Waals surface area contributed by atoms with Crippen molar-refractivity contribution in [2.24, 2.45) is 0 Å². The van der Waals surface area contributed by atoms with Crippen LogP contribution >= 0.6 is 0 Å². The topological polar surface area (TPSA) is 0 Å². The molecule has 2 aromatic rings. The molecule has 0 unspecified atom stereocenters. The molecular formula is C13H13. The van der Waals surface area contributed by atoms with E-state index in [1.165, 1.54) is 5.56 Å². The predicted octanol–water partition coefficient (Wildman–Crippen LogP) is 3.48. The number of hydrogen-bond acceptors (Lipinski definition) is 0. The molecule has 0 aromatic heterocycles. The molecule has 0 nitrogen and oxygen atoms in total. The van der Waals surface area contributed by atoms with Gasteiger partial charge in [0.25, 0.3) is 0 Å². The van der Waals surface area contributed by atoms with Crippen molar-refractivity contribution in [2.75, 3.05) is 0 Å². The summed E-state index contributed by atoms with van der Waals surface area (Å²) in [7, 11) is 0. The second-order valence-electron chi connectivity index (χ2n) is 2.74. The SMILES string of the molecule is Cc1c[c]ccc1.c1ccccc1. The minimum atomic E-state index is 1.27. The van der Waals surface area contributed by atoms with Gasteiger partial charge in [0.15, 0.2) is 0 Å². The van der Waals surface area contributed by atoms with Gasteiger partial charge in [-0.3, -0.25) is 0 Å². The molecule has 0 aliphatic heterocycles. The lowest BCUT2D eigenvalue weighted by Gasteiger charge is -1.82. The molecule has 0 heterocycles. The van der Waals surface area contributed by atoms with Crippen LogP contribution in [0.4, 0.5) is 0 Å². The van der Waals surface area contributed by atoms with Crippen molar-refractivity contribution in [3.05, 3.63) is 72.3 Å². The van der Waals surface area contributed by atoms with E-state index in [1.54, 1.807) is 0 Å². The van der Waals surface area contributed by atoms with Gasteiger partial charge in [-0.1, -0.05) is 66.2 Å². The number of hydrogen-bond donors (Lipinski definition) is 0. The van der Waals surface area contributed by atoms with Gasteiger partial charge >= 0.3 is 0 Å². The molecule has 0 saturated heterocycles. The molecule has 0 spiro atoms. The maximum atomic E-state index is 2.96. The fourth-order valence-corrected chi connectivity index (χ4v) is 0.868. The summed E-state index contributed by atoms with van der Waals surface area (Å²) in [5.74, 6) is 0. The highest BCUT2D eigenvalue weighted by atomic mass is 13.8. The smallest absolute Gasteiger partial charge is 0.0181 e. The molecule has 0 atom stereocenters. The Balaban J connectivity index is 0.000000132. The van der Waals surface area contributed by atoms with E-state index in [0.717, 1.165) is 0 Å². The molecule has 13 heavy (non-hydrogen) atoms. The largest absolute Gasteiger partial charge is 0.0623 e. The van der Waals surface area contributed by atoms with E-state index >= 15 is 0 Å². The Morgan fingerprint density at radius 3 is 1.62 bits per heavy atom. The van der Waals surface area contributed by atoms with E-state index in [2.05, 4.69) is 19.1 Å². The summed E-state index contributed by atoms with van der Waals surface area (Å²) in [6.07, 6.45) is 0. The molecule has 0 bridgehead atoms. The number of aryl methyl sites for hydroxylation is 1. The number of benzene rings is 2. The van der Waals surface area contributed by atoms with E-state index in [9.17, 15) is 0 Å². The van der Waals surface area contributed by atoms with E-state index in [1.807, 2.05) is 54.6 Å². The highest BCUT2D eigenvalue weighted by Crippen LogP contribution is 1.91. The highest BCUT2D eigenvalue weighted by Gasteiger charge is 1.72. The van der Waals surface area contributed by atoms with Gasteiger partial charge in [0.05, 0.1) is 0 Å². The van der Waals surface area contributed by atoms with Crippen molar-refractivity contribution in [2.45, 2.75) is 6.92 Å². The zero-order valence-corrected chi connectivity index (χ0v) is 7.77. The predicted molar refractivity (Wildman–Crippen MR) is 56.5 cm³/mol. The van der Waals surface area contributed by atoms with Gasteiger partial charge < -0.3 is 0 Å². The van der Waals surface area contributed by atoms with Gasteiger partial charge in [-0.2, -0.15) is 0 Å². The molecule has 0 aliphatic carbocycles. The Bertz CT molecular complexity index is 271. The van der Waals surface area contributed by atoms with Gasteiger partial charge in [0, 0.05) is 0 Å². The van der Waals surface area contributed by atoms with Crippen LogP contribution in [0.25, 0.3) is 0 Å². The first-order valence-corrected chi connectivity index (χ1v) is 4.32. The Labute approximate surface area is 79.9 Å². The first-order chi connectivity index (χ1) is 6.39. The van der Waals surface area contributed by atoms with E-state index in [4.69, 9.17) is 0 Å². The number of rotatable bonds is 0. The van der Waals surface area contributed by atoms with Crippen LogP contribution in [0.15, 0.2) is 60.7 Å². The minimum absolute atomic E-state index is 1.27. The van der Waals surface area contributed by atoms with Crippen molar-refractivity contribution in [1.82, 2.24) is 0 Å². The third kappa shape index (κ3) is 4.81. The minimum Gasteiger partial charge on any atom is -0.0623 e. The van der Waals surface area contributed by atoms with Gasteiger partial charge in [0.2, 0.25) is 0 Å². The van der Waals surface area contributed by atoms with Gasteiger partial charge in [0.1, 0.15) is 0 Å².